The van der Waals surface area contributed by atoms with E-state index in [4.69, 9.17) is 11.6 Å². The maximum atomic E-state index is 6.16. The molecular formula is C20H27ClN2. The molecule has 0 N–H and O–H groups in total. The molecule has 23 heavy (non-hydrogen) atoms. The average Bonchev–Trinajstić information content (AvgIpc) is 2.54. The van der Waals surface area contributed by atoms with Crippen molar-refractivity contribution in [1.82, 2.24) is 4.90 Å². The van der Waals surface area contributed by atoms with Gasteiger partial charge in [0.05, 0.1) is 0 Å². The SMILES string of the molecule is Clc1cccc(N2CCN(C3C4CC5CC(C4)CC3C5)CC2)c1. The molecule has 1 saturated heterocycles. The van der Waals surface area contributed by atoms with Crippen LogP contribution in [-0.4, -0.2) is 37.1 Å². The summed E-state index contributed by atoms with van der Waals surface area (Å²) in [6.07, 6.45) is 7.69. The van der Waals surface area contributed by atoms with E-state index in [1.807, 2.05) is 6.07 Å². The molecule has 1 aromatic carbocycles. The van der Waals surface area contributed by atoms with E-state index in [0.29, 0.717) is 0 Å². The molecule has 1 heterocycles. The van der Waals surface area contributed by atoms with Crippen molar-refractivity contribution in [3.8, 4) is 0 Å². The molecule has 6 rings (SSSR count). The van der Waals surface area contributed by atoms with Crippen molar-refractivity contribution in [2.45, 2.75) is 38.1 Å². The minimum Gasteiger partial charge on any atom is -0.369 e. The van der Waals surface area contributed by atoms with Crippen LogP contribution in [0.2, 0.25) is 5.02 Å². The zero-order valence-electron chi connectivity index (χ0n) is 13.8. The van der Waals surface area contributed by atoms with Gasteiger partial charge in [-0.3, -0.25) is 4.90 Å². The molecule has 124 valence electrons. The number of halogens is 1. The zero-order valence-corrected chi connectivity index (χ0v) is 14.6. The topological polar surface area (TPSA) is 6.48 Å². The summed E-state index contributed by atoms with van der Waals surface area (Å²) in [5.74, 6) is 4.20. The summed E-state index contributed by atoms with van der Waals surface area (Å²) in [4.78, 5) is 5.37. The van der Waals surface area contributed by atoms with Crippen molar-refractivity contribution >= 4 is 17.3 Å². The monoisotopic (exact) mass is 330 g/mol. The molecule has 2 nitrogen and oxygen atoms in total. The average molecular weight is 331 g/mol. The van der Waals surface area contributed by atoms with Gasteiger partial charge in [-0.25, -0.2) is 0 Å². The Morgan fingerprint density at radius 1 is 0.826 bits per heavy atom. The molecule has 1 aliphatic heterocycles. The van der Waals surface area contributed by atoms with Crippen LogP contribution >= 0.6 is 11.6 Å². The first-order valence-electron chi connectivity index (χ1n) is 9.51. The van der Waals surface area contributed by atoms with E-state index in [0.717, 1.165) is 47.8 Å². The Morgan fingerprint density at radius 3 is 2.09 bits per heavy atom. The predicted octanol–water partition coefficient (Wildman–Crippen LogP) is 4.29. The molecular weight excluding hydrogens is 304 g/mol. The lowest BCUT2D eigenvalue weighted by atomic mass is 9.54. The van der Waals surface area contributed by atoms with Gasteiger partial charge in [0.2, 0.25) is 0 Å². The van der Waals surface area contributed by atoms with Crippen molar-refractivity contribution in [3.05, 3.63) is 29.3 Å². The molecule has 0 aromatic heterocycles. The fourth-order valence-corrected chi connectivity index (χ4v) is 6.63. The summed E-state index contributed by atoms with van der Waals surface area (Å²) in [5, 5.41) is 0.853. The number of rotatable bonds is 2. The molecule has 4 aliphatic carbocycles. The van der Waals surface area contributed by atoms with E-state index in [2.05, 4.69) is 28.0 Å². The molecule has 0 atom stereocenters. The van der Waals surface area contributed by atoms with E-state index in [1.54, 1.807) is 6.42 Å². The fraction of sp³-hybridized carbons (Fsp3) is 0.700. The van der Waals surface area contributed by atoms with Crippen molar-refractivity contribution in [2.75, 3.05) is 31.1 Å². The van der Waals surface area contributed by atoms with Gasteiger partial charge in [0.15, 0.2) is 0 Å². The van der Waals surface area contributed by atoms with E-state index in [-0.39, 0.29) is 0 Å². The second kappa shape index (κ2) is 5.67. The van der Waals surface area contributed by atoms with Crippen molar-refractivity contribution in [3.63, 3.8) is 0 Å². The fourth-order valence-electron chi connectivity index (χ4n) is 6.44. The highest BCUT2D eigenvalue weighted by molar-refractivity contribution is 6.30. The van der Waals surface area contributed by atoms with Crippen molar-refractivity contribution < 1.29 is 0 Å². The molecule has 3 heteroatoms. The van der Waals surface area contributed by atoms with Gasteiger partial charge < -0.3 is 4.90 Å². The van der Waals surface area contributed by atoms with Crippen LogP contribution in [0, 0.1) is 23.7 Å². The molecule has 4 bridgehead atoms. The van der Waals surface area contributed by atoms with E-state index >= 15 is 0 Å². The zero-order chi connectivity index (χ0) is 15.4. The molecule has 4 saturated carbocycles. The van der Waals surface area contributed by atoms with Gasteiger partial charge in [-0.1, -0.05) is 17.7 Å². The van der Waals surface area contributed by atoms with Crippen LogP contribution in [0.4, 0.5) is 5.69 Å². The first kappa shape index (κ1) is 14.6. The van der Waals surface area contributed by atoms with E-state index in [9.17, 15) is 0 Å². The molecule has 0 unspecified atom stereocenters. The maximum absolute atomic E-state index is 6.16. The molecule has 0 amide bonds. The molecule has 5 aliphatic rings. The quantitative estimate of drug-likeness (QED) is 0.798. The Balaban J connectivity index is 1.27. The second-order valence-electron chi connectivity index (χ2n) is 8.42. The van der Waals surface area contributed by atoms with Gasteiger partial charge in [-0.15, -0.1) is 0 Å². The van der Waals surface area contributed by atoms with Crippen LogP contribution in [0.1, 0.15) is 32.1 Å². The third-order valence-corrected chi connectivity index (χ3v) is 7.32. The first-order chi connectivity index (χ1) is 11.3. The van der Waals surface area contributed by atoms with Crippen LogP contribution in [0.15, 0.2) is 24.3 Å². The Kier molecular flexibility index (Phi) is 3.60. The number of benzene rings is 1. The van der Waals surface area contributed by atoms with Gasteiger partial charge >= 0.3 is 0 Å². The highest BCUT2D eigenvalue weighted by atomic mass is 35.5. The Labute approximate surface area is 144 Å². The second-order valence-corrected chi connectivity index (χ2v) is 8.86. The van der Waals surface area contributed by atoms with E-state index in [1.165, 1.54) is 44.5 Å². The van der Waals surface area contributed by atoms with Crippen LogP contribution in [-0.2, 0) is 0 Å². The third-order valence-electron chi connectivity index (χ3n) is 7.09. The highest BCUT2D eigenvalue weighted by Crippen LogP contribution is 2.55. The minimum absolute atomic E-state index is 0.853. The number of nitrogens with zero attached hydrogens (tertiary/aromatic N) is 2. The van der Waals surface area contributed by atoms with Gasteiger partial charge in [-0.05, 0) is 74.0 Å². The summed E-state index contributed by atoms with van der Waals surface area (Å²) in [6.45, 7) is 4.78. The first-order valence-corrected chi connectivity index (χ1v) is 9.88. The van der Waals surface area contributed by atoms with Crippen molar-refractivity contribution in [1.29, 1.82) is 0 Å². The number of piperazine rings is 1. The summed E-state index contributed by atoms with van der Waals surface area (Å²) in [7, 11) is 0. The largest absolute Gasteiger partial charge is 0.369 e. The molecule has 5 fully saturated rings. The molecule has 0 radical (unpaired) electrons. The summed E-state index contributed by atoms with van der Waals surface area (Å²) in [6, 6.07) is 9.26. The van der Waals surface area contributed by atoms with E-state index < -0.39 is 0 Å². The Morgan fingerprint density at radius 2 is 1.48 bits per heavy atom. The van der Waals surface area contributed by atoms with Crippen molar-refractivity contribution in [2.24, 2.45) is 23.7 Å². The van der Waals surface area contributed by atoms with Gasteiger partial charge in [0.1, 0.15) is 0 Å². The highest BCUT2D eigenvalue weighted by Gasteiger charge is 2.50. The van der Waals surface area contributed by atoms with Crippen LogP contribution < -0.4 is 4.90 Å². The number of hydrogen-bond acceptors (Lipinski definition) is 2. The molecule has 0 spiro atoms. The number of hydrogen-bond donors (Lipinski definition) is 0. The normalized spacial score (nSPS) is 39.9. The summed E-state index contributed by atoms with van der Waals surface area (Å²) >= 11 is 6.16. The van der Waals surface area contributed by atoms with Crippen LogP contribution in [0.5, 0.6) is 0 Å². The lowest BCUT2D eigenvalue weighted by Crippen LogP contribution is -2.60. The standard InChI is InChI=1S/C20H27ClN2/c21-18-2-1-3-19(13-18)22-4-6-23(7-5-22)20-16-9-14-8-15(11-16)12-17(20)10-14/h1-3,13-17,20H,4-12H2. The Bertz CT molecular complexity index is 551. The van der Waals surface area contributed by atoms with Gasteiger partial charge in [0.25, 0.3) is 0 Å². The lowest BCUT2D eigenvalue weighted by molar-refractivity contribution is -0.0665. The lowest BCUT2D eigenvalue weighted by Gasteiger charge is -2.58. The predicted molar refractivity (Wildman–Crippen MR) is 96.1 cm³/mol. The third kappa shape index (κ3) is 2.59. The van der Waals surface area contributed by atoms with Crippen LogP contribution in [0.3, 0.4) is 0 Å². The van der Waals surface area contributed by atoms with Gasteiger partial charge in [-0.2, -0.15) is 0 Å². The minimum atomic E-state index is 0.853. The smallest absolute Gasteiger partial charge is 0.0426 e. The Hall–Kier alpha value is -0.730. The number of anilines is 1. The summed E-state index contributed by atoms with van der Waals surface area (Å²) < 4.78 is 0. The molecule has 1 aromatic rings. The van der Waals surface area contributed by atoms with Gasteiger partial charge in [0, 0.05) is 42.9 Å². The maximum Gasteiger partial charge on any atom is 0.0426 e. The summed E-state index contributed by atoms with van der Waals surface area (Å²) in [5.41, 5.74) is 1.29. The van der Waals surface area contributed by atoms with Crippen LogP contribution in [0.25, 0.3) is 0 Å².